The van der Waals surface area contributed by atoms with Crippen molar-refractivity contribution >= 4 is 17.9 Å². The first-order valence-electron chi connectivity index (χ1n) is 7.37. The molecule has 1 N–H and O–H groups in total. The number of aromatic nitrogens is 1. The van der Waals surface area contributed by atoms with Gasteiger partial charge in [-0.3, -0.25) is 4.90 Å². The summed E-state index contributed by atoms with van der Waals surface area (Å²) in [7, 11) is 0. The fourth-order valence-corrected chi connectivity index (χ4v) is 3.20. The average Bonchev–Trinajstić information content (AvgIpc) is 2.84. The molecule has 0 radical (unpaired) electrons. The number of aryl methyl sites for hydroxylation is 1. The van der Waals surface area contributed by atoms with Gasteiger partial charge in [0, 0.05) is 25.3 Å². The Kier molecular flexibility index (Phi) is 3.42. The van der Waals surface area contributed by atoms with Crippen molar-refractivity contribution in [3.05, 3.63) is 23.4 Å². The Morgan fingerprint density at radius 1 is 1.45 bits per heavy atom. The number of carboxylic acid groups (broad SMARTS) is 1. The van der Waals surface area contributed by atoms with Crippen LogP contribution in [0.3, 0.4) is 0 Å². The van der Waals surface area contributed by atoms with E-state index in [0.29, 0.717) is 32.1 Å². The lowest BCUT2D eigenvalue weighted by molar-refractivity contribution is 0.0696. The number of hydrogen-bond donors (Lipinski definition) is 1. The van der Waals surface area contributed by atoms with Crippen molar-refractivity contribution < 1.29 is 19.4 Å². The molecule has 0 saturated carbocycles. The third-order valence-corrected chi connectivity index (χ3v) is 4.54. The quantitative estimate of drug-likeness (QED) is 0.911. The van der Waals surface area contributed by atoms with Crippen molar-refractivity contribution in [1.82, 2.24) is 9.88 Å². The van der Waals surface area contributed by atoms with Crippen molar-refractivity contribution in [3.8, 4) is 0 Å². The maximum Gasteiger partial charge on any atom is 0.410 e. The van der Waals surface area contributed by atoms with Crippen LogP contribution in [0.4, 0.5) is 10.6 Å². The number of nitrogens with zero attached hydrogens (tertiary/aromatic N) is 3. The zero-order chi connectivity index (χ0) is 15.9. The minimum atomic E-state index is -0.991. The Morgan fingerprint density at radius 3 is 2.91 bits per heavy atom. The molecule has 2 aliphatic rings. The van der Waals surface area contributed by atoms with Gasteiger partial charge >= 0.3 is 12.1 Å². The lowest BCUT2D eigenvalue weighted by Crippen LogP contribution is -2.61. The lowest BCUT2D eigenvalue weighted by atomic mass is 9.92. The second kappa shape index (κ2) is 5.15. The third-order valence-electron chi connectivity index (χ3n) is 4.54. The predicted octanol–water partition coefficient (Wildman–Crippen LogP) is 1.51. The van der Waals surface area contributed by atoms with Crippen LogP contribution in [0.1, 0.15) is 29.4 Å². The monoisotopic (exact) mass is 305 g/mol. The molecule has 22 heavy (non-hydrogen) atoms. The summed E-state index contributed by atoms with van der Waals surface area (Å²) in [6, 6.07) is 3.28. The summed E-state index contributed by atoms with van der Waals surface area (Å²) in [4.78, 5) is 31.4. The Bertz CT molecular complexity index is 633. The van der Waals surface area contributed by atoms with Crippen LogP contribution >= 0.6 is 0 Å². The SMILES string of the molecule is CCC12COC(=O)N1CCN(c1nc(C)ccc1C(=O)O)C2. The number of piperazine rings is 1. The molecule has 3 rings (SSSR count). The number of carboxylic acids is 1. The molecular formula is C15H19N3O4. The lowest BCUT2D eigenvalue weighted by Gasteiger charge is -2.45. The summed E-state index contributed by atoms with van der Waals surface area (Å²) in [5.41, 5.74) is 0.568. The summed E-state index contributed by atoms with van der Waals surface area (Å²) >= 11 is 0. The first-order valence-corrected chi connectivity index (χ1v) is 7.37. The molecule has 0 bridgehead atoms. The van der Waals surface area contributed by atoms with E-state index >= 15 is 0 Å². The number of rotatable bonds is 3. The number of anilines is 1. The van der Waals surface area contributed by atoms with Crippen LogP contribution in [0.5, 0.6) is 0 Å². The van der Waals surface area contributed by atoms with Gasteiger partial charge < -0.3 is 14.7 Å². The molecular weight excluding hydrogens is 286 g/mol. The van der Waals surface area contributed by atoms with Gasteiger partial charge in [0.15, 0.2) is 0 Å². The molecule has 1 aromatic heterocycles. The Morgan fingerprint density at radius 2 is 2.23 bits per heavy atom. The highest BCUT2D eigenvalue weighted by molar-refractivity contribution is 5.93. The van der Waals surface area contributed by atoms with Gasteiger partial charge in [-0.05, 0) is 25.5 Å². The van der Waals surface area contributed by atoms with Crippen molar-refractivity contribution in [3.63, 3.8) is 0 Å². The molecule has 2 fully saturated rings. The summed E-state index contributed by atoms with van der Waals surface area (Å²) in [6.45, 7) is 5.79. The fourth-order valence-electron chi connectivity index (χ4n) is 3.20. The van der Waals surface area contributed by atoms with E-state index in [1.54, 1.807) is 17.0 Å². The van der Waals surface area contributed by atoms with Crippen molar-refractivity contribution in [2.45, 2.75) is 25.8 Å². The van der Waals surface area contributed by atoms with Gasteiger partial charge in [0.05, 0.1) is 5.54 Å². The highest BCUT2D eigenvalue weighted by atomic mass is 16.6. The molecule has 0 aliphatic carbocycles. The Labute approximate surface area is 128 Å². The van der Waals surface area contributed by atoms with Crippen LogP contribution in [-0.2, 0) is 4.74 Å². The Hall–Kier alpha value is -2.31. The average molecular weight is 305 g/mol. The molecule has 1 unspecified atom stereocenters. The van der Waals surface area contributed by atoms with E-state index in [-0.39, 0.29) is 11.7 Å². The minimum Gasteiger partial charge on any atom is -0.478 e. The molecule has 2 aliphatic heterocycles. The van der Waals surface area contributed by atoms with Gasteiger partial charge in [0.2, 0.25) is 0 Å². The predicted molar refractivity (Wildman–Crippen MR) is 79.2 cm³/mol. The first kappa shape index (κ1) is 14.6. The second-order valence-electron chi connectivity index (χ2n) is 5.83. The summed E-state index contributed by atoms with van der Waals surface area (Å²) in [5.74, 6) is -0.520. The van der Waals surface area contributed by atoms with Gasteiger partial charge in [-0.15, -0.1) is 0 Å². The molecule has 3 heterocycles. The van der Waals surface area contributed by atoms with E-state index in [2.05, 4.69) is 4.98 Å². The van der Waals surface area contributed by atoms with Gasteiger partial charge in [-0.2, -0.15) is 0 Å². The van der Waals surface area contributed by atoms with Crippen LogP contribution in [0.2, 0.25) is 0 Å². The number of pyridine rings is 1. The van der Waals surface area contributed by atoms with Crippen LogP contribution < -0.4 is 4.90 Å². The molecule has 0 aromatic carbocycles. The van der Waals surface area contributed by atoms with E-state index in [1.165, 1.54) is 0 Å². The molecule has 118 valence electrons. The standard InChI is InChI=1S/C15H19N3O4/c1-3-15-8-17(6-7-18(15)14(21)22-9-15)12-11(13(19)20)5-4-10(2)16-12/h4-5H,3,6-9H2,1-2H3,(H,19,20). The largest absolute Gasteiger partial charge is 0.478 e. The smallest absolute Gasteiger partial charge is 0.410 e. The van der Waals surface area contributed by atoms with Crippen LogP contribution in [0.15, 0.2) is 12.1 Å². The molecule has 7 heteroatoms. The zero-order valence-electron chi connectivity index (χ0n) is 12.7. The maximum absolute atomic E-state index is 11.8. The minimum absolute atomic E-state index is 0.190. The van der Waals surface area contributed by atoms with Crippen LogP contribution in [0.25, 0.3) is 0 Å². The van der Waals surface area contributed by atoms with Gasteiger partial charge in [-0.1, -0.05) is 6.92 Å². The highest BCUT2D eigenvalue weighted by Crippen LogP contribution is 2.34. The van der Waals surface area contributed by atoms with E-state index < -0.39 is 11.5 Å². The number of ether oxygens (including phenoxy) is 1. The van der Waals surface area contributed by atoms with Crippen molar-refractivity contribution in [2.24, 2.45) is 0 Å². The zero-order valence-corrected chi connectivity index (χ0v) is 12.7. The fraction of sp³-hybridized carbons (Fsp3) is 0.533. The summed E-state index contributed by atoms with van der Waals surface area (Å²) in [5, 5.41) is 9.38. The van der Waals surface area contributed by atoms with Crippen molar-refractivity contribution in [2.75, 3.05) is 31.1 Å². The number of amides is 1. The van der Waals surface area contributed by atoms with Gasteiger partial charge in [0.25, 0.3) is 0 Å². The van der Waals surface area contributed by atoms with Crippen molar-refractivity contribution in [1.29, 1.82) is 0 Å². The second-order valence-corrected chi connectivity index (χ2v) is 5.83. The number of carbonyl (C=O) groups is 2. The number of hydrogen-bond acceptors (Lipinski definition) is 5. The number of fused-ring (bicyclic) bond motifs is 1. The van der Waals surface area contributed by atoms with Crippen LogP contribution in [0, 0.1) is 6.92 Å². The Balaban J connectivity index is 1.96. The maximum atomic E-state index is 11.8. The van der Waals surface area contributed by atoms with Crippen LogP contribution in [-0.4, -0.2) is 58.8 Å². The molecule has 1 amide bonds. The van der Waals surface area contributed by atoms with E-state index in [0.717, 1.165) is 12.1 Å². The number of aromatic carboxylic acids is 1. The summed E-state index contributed by atoms with van der Waals surface area (Å²) in [6.07, 6.45) is 0.473. The molecule has 1 aromatic rings. The molecule has 2 saturated heterocycles. The number of cyclic esters (lactones) is 1. The van der Waals surface area contributed by atoms with E-state index in [9.17, 15) is 14.7 Å². The number of carbonyl (C=O) groups excluding carboxylic acids is 1. The normalized spacial score (nSPS) is 24.2. The highest BCUT2D eigenvalue weighted by Gasteiger charge is 2.50. The third kappa shape index (κ3) is 2.17. The summed E-state index contributed by atoms with van der Waals surface area (Å²) < 4.78 is 5.20. The van der Waals surface area contributed by atoms with Gasteiger partial charge in [-0.25, -0.2) is 14.6 Å². The first-order chi connectivity index (χ1) is 10.5. The van der Waals surface area contributed by atoms with Gasteiger partial charge in [0.1, 0.15) is 18.0 Å². The molecule has 1 atom stereocenters. The van der Waals surface area contributed by atoms with E-state index in [4.69, 9.17) is 4.74 Å². The molecule has 0 spiro atoms. The topological polar surface area (TPSA) is 83.0 Å². The molecule has 7 nitrogen and oxygen atoms in total. The van der Waals surface area contributed by atoms with E-state index in [1.807, 2.05) is 18.7 Å².